The van der Waals surface area contributed by atoms with Crippen LogP contribution in [0.25, 0.3) is 0 Å². The molecule has 1 aliphatic rings. The number of nitrogens with one attached hydrogen (secondary N) is 2. The maximum Gasteiger partial charge on any atom is 0.277 e. The van der Waals surface area contributed by atoms with Gasteiger partial charge in [0.05, 0.1) is 0 Å². The minimum Gasteiger partial charge on any atom is -0.329 e. The van der Waals surface area contributed by atoms with Crippen LogP contribution in [0.2, 0.25) is 0 Å². The molecule has 0 radical (unpaired) electrons. The average Bonchev–Trinajstić information content (AvgIpc) is 3.12. The molecule has 1 fully saturated rings. The molecule has 100 valence electrons. The van der Waals surface area contributed by atoms with Gasteiger partial charge in [-0.3, -0.25) is 0 Å². The molecule has 1 aromatic rings. The van der Waals surface area contributed by atoms with Crippen molar-refractivity contribution in [3.8, 4) is 0 Å². The lowest BCUT2D eigenvalue weighted by atomic mass is 10.1. The Labute approximate surface area is 108 Å². The van der Waals surface area contributed by atoms with Crippen molar-refractivity contribution in [2.24, 2.45) is 5.73 Å². The van der Waals surface area contributed by atoms with Crippen LogP contribution in [0.4, 0.5) is 0 Å². The Kier molecular flexibility index (Phi) is 4.34. The van der Waals surface area contributed by atoms with Gasteiger partial charge < -0.3 is 5.73 Å². The van der Waals surface area contributed by atoms with Gasteiger partial charge in [-0.05, 0) is 24.8 Å². The van der Waals surface area contributed by atoms with Crippen molar-refractivity contribution >= 4 is 10.2 Å². The average molecular weight is 269 g/mol. The Morgan fingerprint density at radius 1 is 1.28 bits per heavy atom. The number of hydrogen-bond donors (Lipinski definition) is 3. The number of nitrogens with two attached hydrogens (primary N) is 1. The molecule has 0 spiro atoms. The van der Waals surface area contributed by atoms with E-state index in [-0.39, 0.29) is 18.6 Å². The zero-order chi connectivity index (χ0) is 13.0. The molecule has 1 saturated carbocycles. The minimum atomic E-state index is -3.43. The summed E-state index contributed by atoms with van der Waals surface area (Å²) in [6.45, 7) is 0.278. The lowest BCUT2D eigenvalue weighted by Crippen LogP contribution is -2.47. The Bertz CT molecular complexity index is 471. The molecule has 0 amide bonds. The van der Waals surface area contributed by atoms with Gasteiger partial charge in [0.15, 0.2) is 0 Å². The van der Waals surface area contributed by atoms with Crippen molar-refractivity contribution in [1.29, 1.82) is 0 Å². The summed E-state index contributed by atoms with van der Waals surface area (Å²) in [6.07, 6.45) is 2.45. The number of hydrogen-bond acceptors (Lipinski definition) is 3. The highest BCUT2D eigenvalue weighted by atomic mass is 32.2. The SMILES string of the molecule is NCC(Cc1ccccc1)NS(=O)(=O)NC1CC1. The van der Waals surface area contributed by atoms with Crippen molar-refractivity contribution in [3.05, 3.63) is 35.9 Å². The lowest BCUT2D eigenvalue weighted by Gasteiger charge is -2.17. The fourth-order valence-corrected chi connectivity index (χ4v) is 3.11. The van der Waals surface area contributed by atoms with E-state index in [0.717, 1.165) is 18.4 Å². The van der Waals surface area contributed by atoms with Crippen molar-refractivity contribution in [1.82, 2.24) is 9.44 Å². The van der Waals surface area contributed by atoms with E-state index in [1.165, 1.54) is 0 Å². The first-order valence-electron chi connectivity index (χ1n) is 6.12. The topological polar surface area (TPSA) is 84.2 Å². The first-order valence-corrected chi connectivity index (χ1v) is 7.61. The molecule has 0 aromatic heterocycles. The predicted molar refractivity (Wildman–Crippen MR) is 71.2 cm³/mol. The Hall–Kier alpha value is -0.950. The van der Waals surface area contributed by atoms with Crippen LogP contribution in [0.5, 0.6) is 0 Å². The summed E-state index contributed by atoms with van der Waals surface area (Å²) < 4.78 is 28.7. The van der Waals surface area contributed by atoms with Crippen LogP contribution < -0.4 is 15.2 Å². The molecule has 1 atom stereocenters. The van der Waals surface area contributed by atoms with Gasteiger partial charge in [-0.15, -0.1) is 0 Å². The molecule has 2 rings (SSSR count). The minimum absolute atomic E-state index is 0.109. The van der Waals surface area contributed by atoms with Gasteiger partial charge in [0.2, 0.25) is 0 Å². The third-order valence-corrected chi connectivity index (χ3v) is 4.12. The van der Waals surface area contributed by atoms with E-state index in [4.69, 9.17) is 5.73 Å². The van der Waals surface area contributed by atoms with Gasteiger partial charge in [-0.2, -0.15) is 17.9 Å². The van der Waals surface area contributed by atoms with Crippen LogP contribution in [0.1, 0.15) is 18.4 Å². The Morgan fingerprint density at radius 2 is 1.94 bits per heavy atom. The van der Waals surface area contributed by atoms with E-state index in [9.17, 15) is 8.42 Å². The van der Waals surface area contributed by atoms with Gasteiger partial charge in [-0.25, -0.2) is 0 Å². The van der Waals surface area contributed by atoms with E-state index in [1.54, 1.807) is 0 Å². The second-order valence-corrected chi connectivity index (χ2v) is 6.11. The molecule has 1 aliphatic carbocycles. The molecule has 0 bridgehead atoms. The van der Waals surface area contributed by atoms with E-state index < -0.39 is 10.2 Å². The van der Waals surface area contributed by atoms with Crippen LogP contribution >= 0.6 is 0 Å². The molecular formula is C12H19N3O2S. The maximum absolute atomic E-state index is 11.8. The van der Waals surface area contributed by atoms with Crippen LogP contribution in [0.15, 0.2) is 30.3 Å². The van der Waals surface area contributed by atoms with Crippen LogP contribution in [0, 0.1) is 0 Å². The van der Waals surface area contributed by atoms with Gasteiger partial charge in [-0.1, -0.05) is 30.3 Å². The quantitative estimate of drug-likeness (QED) is 0.658. The van der Waals surface area contributed by atoms with Gasteiger partial charge in [0.25, 0.3) is 10.2 Å². The third kappa shape index (κ3) is 4.38. The molecule has 18 heavy (non-hydrogen) atoms. The van der Waals surface area contributed by atoms with Gasteiger partial charge >= 0.3 is 0 Å². The number of benzene rings is 1. The fourth-order valence-electron chi connectivity index (χ4n) is 1.75. The molecule has 6 heteroatoms. The molecule has 5 nitrogen and oxygen atoms in total. The van der Waals surface area contributed by atoms with Crippen LogP contribution in [-0.4, -0.2) is 27.0 Å². The van der Waals surface area contributed by atoms with Crippen molar-refractivity contribution < 1.29 is 8.42 Å². The summed E-state index contributed by atoms with van der Waals surface area (Å²) in [5.74, 6) is 0. The zero-order valence-corrected chi connectivity index (χ0v) is 11.0. The second kappa shape index (κ2) is 5.79. The summed E-state index contributed by atoms with van der Waals surface area (Å²) in [6, 6.07) is 9.55. The van der Waals surface area contributed by atoms with E-state index in [1.807, 2.05) is 30.3 Å². The monoisotopic (exact) mass is 269 g/mol. The smallest absolute Gasteiger partial charge is 0.277 e. The highest BCUT2D eigenvalue weighted by molar-refractivity contribution is 7.87. The molecule has 0 aliphatic heterocycles. The standard InChI is InChI=1S/C12H19N3O2S/c13-9-12(8-10-4-2-1-3-5-10)15-18(16,17)14-11-6-7-11/h1-5,11-12,14-15H,6-9,13H2. The first kappa shape index (κ1) is 13.5. The lowest BCUT2D eigenvalue weighted by molar-refractivity contribution is 0.535. The number of rotatable bonds is 7. The second-order valence-electron chi connectivity index (χ2n) is 4.64. The molecule has 4 N–H and O–H groups in total. The summed E-state index contributed by atoms with van der Waals surface area (Å²) in [5, 5.41) is 0. The Morgan fingerprint density at radius 3 is 2.50 bits per heavy atom. The highest BCUT2D eigenvalue weighted by Crippen LogP contribution is 2.19. The van der Waals surface area contributed by atoms with Crippen molar-refractivity contribution in [2.75, 3.05) is 6.54 Å². The van der Waals surface area contributed by atoms with Crippen molar-refractivity contribution in [3.63, 3.8) is 0 Å². The molecular weight excluding hydrogens is 250 g/mol. The van der Waals surface area contributed by atoms with Gasteiger partial charge in [0, 0.05) is 18.6 Å². The van der Waals surface area contributed by atoms with E-state index in [2.05, 4.69) is 9.44 Å². The summed E-state index contributed by atoms with van der Waals surface area (Å²) in [5.41, 5.74) is 6.69. The fraction of sp³-hybridized carbons (Fsp3) is 0.500. The van der Waals surface area contributed by atoms with Crippen molar-refractivity contribution in [2.45, 2.75) is 31.3 Å². The molecule has 0 saturated heterocycles. The maximum atomic E-state index is 11.8. The Balaban J connectivity index is 1.92. The summed E-state index contributed by atoms with van der Waals surface area (Å²) >= 11 is 0. The molecule has 1 unspecified atom stereocenters. The van der Waals surface area contributed by atoms with E-state index >= 15 is 0 Å². The summed E-state index contributed by atoms with van der Waals surface area (Å²) in [7, 11) is -3.43. The van der Waals surface area contributed by atoms with Crippen LogP contribution in [-0.2, 0) is 16.6 Å². The van der Waals surface area contributed by atoms with Crippen LogP contribution in [0.3, 0.4) is 0 Å². The van der Waals surface area contributed by atoms with E-state index in [0.29, 0.717) is 6.42 Å². The summed E-state index contributed by atoms with van der Waals surface area (Å²) in [4.78, 5) is 0. The molecule has 1 aromatic carbocycles. The predicted octanol–water partition coefficient (Wildman–Crippen LogP) is 0.143. The normalized spacial score (nSPS) is 17.6. The third-order valence-electron chi connectivity index (χ3n) is 2.83. The largest absolute Gasteiger partial charge is 0.329 e. The first-order chi connectivity index (χ1) is 8.59. The molecule has 0 heterocycles. The highest BCUT2D eigenvalue weighted by Gasteiger charge is 2.28. The van der Waals surface area contributed by atoms with Gasteiger partial charge in [0.1, 0.15) is 0 Å². The zero-order valence-electron chi connectivity index (χ0n) is 10.2.